The second-order valence-corrected chi connectivity index (χ2v) is 6.38. The van der Waals surface area contributed by atoms with Crippen molar-refractivity contribution in [3.8, 4) is 11.8 Å². The van der Waals surface area contributed by atoms with Gasteiger partial charge in [0.05, 0.1) is 37.5 Å². The molecule has 7 heteroatoms. The van der Waals surface area contributed by atoms with Crippen molar-refractivity contribution < 1.29 is 13.9 Å². The van der Waals surface area contributed by atoms with Crippen LogP contribution in [-0.2, 0) is 16.0 Å². The third kappa shape index (κ3) is 4.62. The fourth-order valence-corrected chi connectivity index (χ4v) is 3.07. The molecule has 3 aromatic heterocycles. The first-order valence-electron chi connectivity index (χ1n) is 9.47. The molecule has 0 saturated carbocycles. The van der Waals surface area contributed by atoms with E-state index in [1.165, 1.54) is 0 Å². The van der Waals surface area contributed by atoms with E-state index in [4.69, 9.17) is 9.47 Å². The van der Waals surface area contributed by atoms with E-state index in [0.717, 1.165) is 27.6 Å². The molecular formula is C22H21FN4O2. The number of hydrogen-bond acceptors (Lipinski definition) is 4. The van der Waals surface area contributed by atoms with Gasteiger partial charge in [-0.1, -0.05) is 18.1 Å². The second-order valence-electron chi connectivity index (χ2n) is 6.38. The lowest BCUT2D eigenvalue weighted by Crippen LogP contribution is -2.12. The van der Waals surface area contributed by atoms with Crippen LogP contribution >= 0.6 is 0 Å². The zero-order valence-electron chi connectivity index (χ0n) is 15.9. The minimum absolute atomic E-state index is 0.110. The van der Waals surface area contributed by atoms with Crippen molar-refractivity contribution in [3.05, 3.63) is 60.2 Å². The topological polar surface area (TPSA) is 65.0 Å². The molecule has 29 heavy (non-hydrogen) atoms. The molecule has 0 aliphatic rings. The Morgan fingerprint density at radius 1 is 1.03 bits per heavy atom. The Bertz CT molecular complexity index is 1160. The molecule has 0 aliphatic carbocycles. The number of H-pyrrole nitrogens is 1. The molecule has 1 aromatic carbocycles. The van der Waals surface area contributed by atoms with E-state index in [1.54, 1.807) is 6.20 Å². The van der Waals surface area contributed by atoms with Crippen LogP contribution in [0, 0.1) is 11.8 Å². The number of rotatable bonds is 8. The van der Waals surface area contributed by atoms with E-state index in [-0.39, 0.29) is 6.61 Å². The predicted octanol–water partition coefficient (Wildman–Crippen LogP) is 3.32. The highest BCUT2D eigenvalue weighted by molar-refractivity contribution is 5.78. The molecule has 4 aromatic rings. The standard InChI is InChI=1S/C22H21FN4O2/c23-8-11-28-13-14-29-12-10-27-20-4-2-1-3-19(20)26-21(27)6-5-17-15-18-7-9-24-22(18)25-16-17/h1-4,7,9,15-16H,8,10-14H2,(H,24,25). The summed E-state index contributed by atoms with van der Waals surface area (Å²) in [6, 6.07) is 11.9. The molecule has 148 valence electrons. The van der Waals surface area contributed by atoms with Gasteiger partial charge in [0.15, 0.2) is 5.82 Å². The fourth-order valence-electron chi connectivity index (χ4n) is 3.07. The first kappa shape index (κ1) is 19.1. The molecule has 1 N–H and O–H groups in total. The van der Waals surface area contributed by atoms with Crippen molar-refractivity contribution in [3.63, 3.8) is 0 Å². The molecule has 0 aliphatic heterocycles. The molecule has 0 atom stereocenters. The maximum Gasteiger partial charge on any atom is 0.186 e. The number of hydrogen-bond donors (Lipinski definition) is 1. The summed E-state index contributed by atoms with van der Waals surface area (Å²) in [6.07, 6.45) is 3.61. The zero-order chi connectivity index (χ0) is 19.9. The molecule has 0 amide bonds. The van der Waals surface area contributed by atoms with Gasteiger partial charge in [-0.15, -0.1) is 0 Å². The minimum atomic E-state index is -0.477. The number of fused-ring (bicyclic) bond motifs is 2. The van der Waals surface area contributed by atoms with Crippen LogP contribution in [0.4, 0.5) is 4.39 Å². The van der Waals surface area contributed by atoms with Gasteiger partial charge in [0.1, 0.15) is 12.3 Å². The maximum atomic E-state index is 12.0. The van der Waals surface area contributed by atoms with Crippen LogP contribution in [0.15, 0.2) is 48.8 Å². The molecule has 0 saturated heterocycles. The molecule has 3 heterocycles. The highest BCUT2D eigenvalue weighted by Crippen LogP contribution is 2.16. The molecule has 6 nitrogen and oxygen atoms in total. The van der Waals surface area contributed by atoms with Gasteiger partial charge in [0.25, 0.3) is 0 Å². The number of benzene rings is 1. The summed E-state index contributed by atoms with van der Waals surface area (Å²) in [5.41, 5.74) is 3.57. The summed E-state index contributed by atoms with van der Waals surface area (Å²) in [7, 11) is 0. The number of pyridine rings is 1. The third-order valence-corrected chi connectivity index (χ3v) is 4.43. The van der Waals surface area contributed by atoms with Crippen molar-refractivity contribution in [2.24, 2.45) is 0 Å². The number of ether oxygens (including phenoxy) is 2. The van der Waals surface area contributed by atoms with E-state index in [1.807, 2.05) is 47.2 Å². The summed E-state index contributed by atoms with van der Waals surface area (Å²) in [4.78, 5) is 12.1. The van der Waals surface area contributed by atoms with Crippen LogP contribution in [0.5, 0.6) is 0 Å². The highest BCUT2D eigenvalue weighted by atomic mass is 19.1. The van der Waals surface area contributed by atoms with Crippen LogP contribution in [0.1, 0.15) is 11.4 Å². The Morgan fingerprint density at radius 3 is 2.79 bits per heavy atom. The Labute approximate surface area is 167 Å². The van der Waals surface area contributed by atoms with Gasteiger partial charge in [-0.2, -0.15) is 0 Å². The van der Waals surface area contributed by atoms with Crippen molar-refractivity contribution in [2.45, 2.75) is 6.54 Å². The van der Waals surface area contributed by atoms with Crippen LogP contribution in [0.2, 0.25) is 0 Å². The van der Waals surface area contributed by atoms with Crippen molar-refractivity contribution in [2.75, 3.05) is 33.1 Å². The van der Waals surface area contributed by atoms with E-state index in [2.05, 4.69) is 26.8 Å². The molecule has 0 bridgehead atoms. The lowest BCUT2D eigenvalue weighted by Gasteiger charge is -2.07. The van der Waals surface area contributed by atoms with Gasteiger partial charge < -0.3 is 19.0 Å². The van der Waals surface area contributed by atoms with Crippen LogP contribution in [0.25, 0.3) is 22.1 Å². The fraction of sp³-hybridized carbons (Fsp3) is 0.273. The lowest BCUT2D eigenvalue weighted by molar-refractivity contribution is 0.0404. The Hall–Kier alpha value is -3.21. The number of nitrogens with one attached hydrogen (secondary N) is 1. The maximum absolute atomic E-state index is 12.0. The van der Waals surface area contributed by atoms with Crippen molar-refractivity contribution in [1.82, 2.24) is 19.5 Å². The molecule has 0 spiro atoms. The number of aromatic amines is 1. The monoisotopic (exact) mass is 392 g/mol. The third-order valence-electron chi connectivity index (χ3n) is 4.43. The largest absolute Gasteiger partial charge is 0.377 e. The van der Waals surface area contributed by atoms with E-state index in [9.17, 15) is 4.39 Å². The minimum Gasteiger partial charge on any atom is -0.377 e. The van der Waals surface area contributed by atoms with Gasteiger partial charge >= 0.3 is 0 Å². The van der Waals surface area contributed by atoms with Crippen LogP contribution < -0.4 is 0 Å². The Balaban J connectivity index is 1.50. The lowest BCUT2D eigenvalue weighted by atomic mass is 10.2. The number of halogens is 1. The summed E-state index contributed by atoms with van der Waals surface area (Å²) in [6.45, 7) is 1.55. The molecule has 0 radical (unpaired) electrons. The van der Waals surface area contributed by atoms with Gasteiger partial charge in [-0.05, 0) is 30.2 Å². The van der Waals surface area contributed by atoms with E-state index in [0.29, 0.717) is 32.2 Å². The van der Waals surface area contributed by atoms with Crippen LogP contribution in [0.3, 0.4) is 0 Å². The second kappa shape index (κ2) is 9.32. The molecular weight excluding hydrogens is 371 g/mol. The van der Waals surface area contributed by atoms with Gasteiger partial charge in [-0.3, -0.25) is 0 Å². The summed E-state index contributed by atoms with van der Waals surface area (Å²) in [5.74, 6) is 7.02. The quantitative estimate of drug-likeness (QED) is 0.369. The van der Waals surface area contributed by atoms with Gasteiger partial charge in [-0.25, -0.2) is 14.4 Å². The molecule has 0 fully saturated rings. The predicted molar refractivity (Wildman–Crippen MR) is 109 cm³/mol. The van der Waals surface area contributed by atoms with Crippen molar-refractivity contribution in [1.29, 1.82) is 0 Å². The van der Waals surface area contributed by atoms with Gasteiger partial charge in [0, 0.05) is 29.9 Å². The number of aromatic nitrogens is 4. The van der Waals surface area contributed by atoms with Crippen molar-refractivity contribution >= 4 is 22.1 Å². The summed E-state index contributed by atoms with van der Waals surface area (Å²) >= 11 is 0. The SMILES string of the molecule is FCCOCCOCCn1c(C#Cc2cnc3[nH]ccc3c2)nc2ccccc21. The van der Waals surface area contributed by atoms with E-state index >= 15 is 0 Å². The highest BCUT2D eigenvalue weighted by Gasteiger charge is 2.08. The number of alkyl halides is 1. The summed E-state index contributed by atoms with van der Waals surface area (Å²) in [5, 5.41) is 1.02. The molecule has 0 unspecified atom stereocenters. The van der Waals surface area contributed by atoms with Crippen LogP contribution in [-0.4, -0.2) is 52.6 Å². The smallest absolute Gasteiger partial charge is 0.186 e. The average molecular weight is 392 g/mol. The number of para-hydroxylation sites is 2. The van der Waals surface area contributed by atoms with Gasteiger partial charge in [0.2, 0.25) is 0 Å². The number of imidazole rings is 1. The number of nitrogens with zero attached hydrogens (tertiary/aromatic N) is 3. The Morgan fingerprint density at radius 2 is 1.90 bits per heavy atom. The summed E-state index contributed by atoms with van der Waals surface area (Å²) < 4.78 is 24.7. The first-order chi connectivity index (χ1) is 14.3. The zero-order valence-corrected chi connectivity index (χ0v) is 15.9. The normalized spacial score (nSPS) is 11.1. The van der Waals surface area contributed by atoms with E-state index < -0.39 is 6.67 Å². The first-order valence-corrected chi connectivity index (χ1v) is 9.47. The average Bonchev–Trinajstić information content (AvgIpc) is 3.35. The molecule has 4 rings (SSSR count). The Kier molecular flexibility index (Phi) is 6.15.